The van der Waals surface area contributed by atoms with Gasteiger partial charge >= 0.3 is 0 Å². The van der Waals surface area contributed by atoms with Crippen molar-refractivity contribution in [3.63, 3.8) is 0 Å². The molecule has 4 rings (SSSR count). The molecule has 28 heavy (non-hydrogen) atoms. The Hall–Kier alpha value is -2.71. The second-order valence-corrected chi connectivity index (χ2v) is 9.56. The Kier molecular flexibility index (Phi) is 4.47. The average molecular weight is 417 g/mol. The highest BCUT2D eigenvalue weighted by molar-refractivity contribution is 7.93. The summed E-state index contributed by atoms with van der Waals surface area (Å²) in [7, 11) is -3.91. The lowest BCUT2D eigenvalue weighted by atomic mass is 10.1. The first-order valence-electron chi connectivity index (χ1n) is 8.63. The van der Waals surface area contributed by atoms with Crippen LogP contribution in [0.5, 0.6) is 0 Å². The molecule has 9 heteroatoms. The van der Waals surface area contributed by atoms with E-state index in [2.05, 4.69) is 15.2 Å². The van der Waals surface area contributed by atoms with Crippen molar-refractivity contribution < 1.29 is 13.2 Å². The molecule has 1 fully saturated rings. The van der Waals surface area contributed by atoms with Crippen LogP contribution in [0.15, 0.2) is 59.5 Å². The fraction of sp³-hybridized carbons (Fsp3) is 0.211. The van der Waals surface area contributed by atoms with Gasteiger partial charge in [-0.3, -0.25) is 14.8 Å². The number of amides is 1. The molecule has 1 aromatic heterocycles. The van der Waals surface area contributed by atoms with Crippen LogP contribution in [-0.4, -0.2) is 40.8 Å². The second-order valence-electron chi connectivity index (χ2n) is 6.75. The van der Waals surface area contributed by atoms with E-state index < -0.39 is 20.5 Å². The summed E-state index contributed by atoms with van der Waals surface area (Å²) in [5, 5.41) is 7.35. The largest absolute Gasteiger partial charge is 0.278 e. The minimum absolute atomic E-state index is 0.0644. The van der Waals surface area contributed by atoms with Crippen LogP contribution in [0.25, 0.3) is 11.4 Å². The Morgan fingerprint density at radius 2 is 1.79 bits per heavy atom. The molecule has 3 aromatic rings. The molecule has 1 amide bonds. The second kappa shape index (κ2) is 6.72. The van der Waals surface area contributed by atoms with E-state index in [4.69, 9.17) is 11.6 Å². The standard InChI is InChI=1S/C19H17ClN4O3S/c1-19(28(26,27)15-9-7-14(20)8-10-15)11-12-24(17(19)25)18-21-16(22-23-18)13-5-3-2-4-6-13/h2-10H,11-12H2,1H3,(H,21,22,23). The van der Waals surface area contributed by atoms with Gasteiger partial charge in [-0.15, -0.1) is 5.10 Å². The molecule has 7 nitrogen and oxygen atoms in total. The van der Waals surface area contributed by atoms with E-state index in [-0.39, 0.29) is 23.8 Å². The first-order chi connectivity index (χ1) is 13.3. The highest BCUT2D eigenvalue weighted by Crippen LogP contribution is 2.37. The summed E-state index contributed by atoms with van der Waals surface area (Å²) in [6.07, 6.45) is 0.145. The molecule has 0 spiro atoms. The van der Waals surface area contributed by atoms with Gasteiger partial charge in [-0.1, -0.05) is 41.9 Å². The molecule has 144 valence electrons. The summed E-state index contributed by atoms with van der Waals surface area (Å²) in [5.74, 6) is 0.137. The van der Waals surface area contributed by atoms with Gasteiger partial charge in [0.1, 0.15) is 0 Å². The maximum absolute atomic E-state index is 13.1. The van der Waals surface area contributed by atoms with Gasteiger partial charge in [-0.05, 0) is 37.6 Å². The van der Waals surface area contributed by atoms with Crippen molar-refractivity contribution in [2.24, 2.45) is 0 Å². The van der Waals surface area contributed by atoms with Gasteiger partial charge < -0.3 is 0 Å². The molecular formula is C19H17ClN4O3S. The Labute approximate surface area is 167 Å². The van der Waals surface area contributed by atoms with Gasteiger partial charge in [0.2, 0.25) is 0 Å². The number of hydrogen-bond acceptors (Lipinski definition) is 5. The molecule has 0 aliphatic carbocycles. The molecule has 1 aliphatic rings. The molecule has 1 saturated heterocycles. The molecular weight excluding hydrogens is 400 g/mol. The SMILES string of the molecule is CC1(S(=O)(=O)c2ccc(Cl)cc2)CCN(c2n[nH]c(-c3ccccc3)n2)C1=O. The van der Waals surface area contributed by atoms with Crippen molar-refractivity contribution in [2.75, 3.05) is 11.4 Å². The van der Waals surface area contributed by atoms with Crippen molar-refractivity contribution in [1.29, 1.82) is 0 Å². The van der Waals surface area contributed by atoms with E-state index in [9.17, 15) is 13.2 Å². The van der Waals surface area contributed by atoms with Crippen LogP contribution in [0.1, 0.15) is 13.3 Å². The molecule has 2 aromatic carbocycles. The summed E-state index contributed by atoms with van der Waals surface area (Å²) < 4.78 is 24.7. The lowest BCUT2D eigenvalue weighted by molar-refractivity contribution is -0.119. The molecule has 0 saturated carbocycles. The minimum atomic E-state index is -3.91. The highest BCUT2D eigenvalue weighted by Gasteiger charge is 2.54. The Morgan fingerprint density at radius 3 is 2.46 bits per heavy atom. The van der Waals surface area contributed by atoms with E-state index >= 15 is 0 Å². The molecule has 1 N–H and O–H groups in total. The molecule has 2 heterocycles. The Bertz CT molecular complexity index is 1130. The Balaban J connectivity index is 1.65. The lowest BCUT2D eigenvalue weighted by Crippen LogP contribution is -2.44. The Morgan fingerprint density at radius 1 is 1.11 bits per heavy atom. The number of halogens is 1. The number of aromatic amines is 1. The number of nitrogens with one attached hydrogen (secondary N) is 1. The van der Waals surface area contributed by atoms with E-state index in [0.717, 1.165) is 5.56 Å². The summed E-state index contributed by atoms with van der Waals surface area (Å²) in [6, 6.07) is 15.2. The maximum Gasteiger partial charge on any atom is 0.251 e. The predicted octanol–water partition coefficient (Wildman–Crippen LogP) is 3.09. The zero-order valence-electron chi connectivity index (χ0n) is 15.0. The fourth-order valence-corrected chi connectivity index (χ4v) is 5.07. The zero-order valence-corrected chi connectivity index (χ0v) is 16.5. The van der Waals surface area contributed by atoms with E-state index in [1.54, 1.807) is 0 Å². The number of hydrogen-bond donors (Lipinski definition) is 1. The van der Waals surface area contributed by atoms with Crippen molar-refractivity contribution in [3.8, 4) is 11.4 Å². The van der Waals surface area contributed by atoms with Gasteiger partial charge in [-0.2, -0.15) is 4.98 Å². The number of anilines is 1. The van der Waals surface area contributed by atoms with Gasteiger partial charge in [0.05, 0.1) is 4.90 Å². The number of nitrogens with zero attached hydrogens (tertiary/aromatic N) is 3. The third-order valence-electron chi connectivity index (χ3n) is 4.99. The minimum Gasteiger partial charge on any atom is -0.278 e. The quantitative estimate of drug-likeness (QED) is 0.705. The summed E-state index contributed by atoms with van der Waals surface area (Å²) >= 11 is 5.85. The molecule has 0 bridgehead atoms. The third-order valence-corrected chi connectivity index (χ3v) is 7.70. The smallest absolute Gasteiger partial charge is 0.251 e. The highest BCUT2D eigenvalue weighted by atomic mass is 35.5. The average Bonchev–Trinajstić information content (AvgIpc) is 3.29. The normalized spacial score (nSPS) is 19.9. The number of carbonyl (C=O) groups excluding carboxylic acids is 1. The van der Waals surface area contributed by atoms with Crippen molar-refractivity contribution >= 4 is 33.3 Å². The van der Waals surface area contributed by atoms with Crippen LogP contribution < -0.4 is 4.90 Å². The van der Waals surface area contributed by atoms with Crippen molar-refractivity contribution in [3.05, 3.63) is 59.6 Å². The molecule has 1 aliphatic heterocycles. The van der Waals surface area contributed by atoms with Gasteiger partial charge in [-0.25, -0.2) is 8.42 Å². The van der Waals surface area contributed by atoms with E-state index in [1.807, 2.05) is 30.3 Å². The number of rotatable bonds is 4. The van der Waals surface area contributed by atoms with Gasteiger partial charge in [0.25, 0.3) is 11.9 Å². The van der Waals surface area contributed by atoms with Crippen LogP contribution in [0.2, 0.25) is 5.02 Å². The van der Waals surface area contributed by atoms with Crippen molar-refractivity contribution in [2.45, 2.75) is 23.0 Å². The molecule has 1 unspecified atom stereocenters. The number of aromatic nitrogens is 3. The number of H-pyrrole nitrogens is 1. The van der Waals surface area contributed by atoms with Gasteiger partial charge in [0.15, 0.2) is 20.4 Å². The molecule has 0 radical (unpaired) electrons. The van der Waals surface area contributed by atoms with E-state index in [0.29, 0.717) is 10.8 Å². The van der Waals surface area contributed by atoms with Crippen LogP contribution in [0.3, 0.4) is 0 Å². The predicted molar refractivity (Wildman–Crippen MR) is 106 cm³/mol. The number of carbonyl (C=O) groups is 1. The van der Waals surface area contributed by atoms with Crippen LogP contribution in [0.4, 0.5) is 5.95 Å². The van der Waals surface area contributed by atoms with Crippen LogP contribution >= 0.6 is 11.6 Å². The summed E-state index contributed by atoms with van der Waals surface area (Å²) in [6.45, 7) is 1.66. The third kappa shape index (κ3) is 2.89. The zero-order chi connectivity index (χ0) is 19.9. The maximum atomic E-state index is 13.1. The first kappa shape index (κ1) is 18.6. The molecule has 1 atom stereocenters. The van der Waals surface area contributed by atoms with E-state index in [1.165, 1.54) is 36.1 Å². The lowest BCUT2D eigenvalue weighted by Gasteiger charge is -2.22. The summed E-state index contributed by atoms with van der Waals surface area (Å²) in [4.78, 5) is 18.8. The monoisotopic (exact) mass is 416 g/mol. The van der Waals surface area contributed by atoms with Crippen molar-refractivity contribution in [1.82, 2.24) is 15.2 Å². The summed E-state index contributed by atoms with van der Waals surface area (Å²) in [5.41, 5.74) is 0.824. The topological polar surface area (TPSA) is 96.0 Å². The number of sulfone groups is 1. The van der Waals surface area contributed by atoms with Crippen LogP contribution in [0, 0.1) is 0 Å². The first-order valence-corrected chi connectivity index (χ1v) is 10.5. The number of benzene rings is 2. The fourth-order valence-electron chi connectivity index (χ4n) is 3.23. The van der Waals surface area contributed by atoms with Crippen LogP contribution in [-0.2, 0) is 14.6 Å². The van der Waals surface area contributed by atoms with Gasteiger partial charge in [0, 0.05) is 17.1 Å².